The molecular weight excluding hydrogens is 396 g/mol. The molecule has 5 aliphatic carbocycles. The highest BCUT2D eigenvalue weighted by atomic mass is 16.5. The summed E-state index contributed by atoms with van der Waals surface area (Å²) in [6, 6.07) is 0. The fourth-order valence-electron chi connectivity index (χ4n) is 8.45. The van der Waals surface area contributed by atoms with Crippen LogP contribution in [0.25, 0.3) is 0 Å². The zero-order chi connectivity index (χ0) is 22.2. The van der Waals surface area contributed by atoms with Gasteiger partial charge in [0.2, 0.25) is 0 Å². The summed E-state index contributed by atoms with van der Waals surface area (Å²) in [5.74, 6) is 3.37. The van der Waals surface area contributed by atoms with E-state index in [1.165, 1.54) is 44.3 Å². The van der Waals surface area contributed by atoms with Crippen LogP contribution in [-0.4, -0.2) is 29.0 Å². The van der Waals surface area contributed by atoms with Crippen LogP contribution in [0.1, 0.15) is 96.8 Å². The Morgan fingerprint density at radius 1 is 1.03 bits per heavy atom. The lowest BCUT2D eigenvalue weighted by atomic mass is 9.46. The smallest absolute Gasteiger partial charge is 0.0920 e. The van der Waals surface area contributed by atoms with Gasteiger partial charge in [-0.15, -0.1) is 0 Å². The van der Waals surface area contributed by atoms with Crippen LogP contribution in [0.3, 0.4) is 0 Å². The van der Waals surface area contributed by atoms with Gasteiger partial charge in [0.25, 0.3) is 0 Å². The Hall–Kier alpha value is -1.06. The number of hydrogen-bond acceptors (Lipinski definition) is 3. The molecule has 0 aromatic rings. The molecule has 32 heavy (non-hydrogen) atoms. The average molecular weight is 441 g/mol. The van der Waals surface area contributed by atoms with E-state index in [1.807, 2.05) is 0 Å². The topological polar surface area (TPSA) is 49.7 Å². The fraction of sp³-hybridized carbons (Fsp3) is 0.793. The van der Waals surface area contributed by atoms with E-state index < -0.39 is 0 Å². The third kappa shape index (κ3) is 4.02. The number of unbranched alkanes of at least 4 members (excludes halogenated alkanes) is 1. The average Bonchev–Trinajstić information content (AvgIpc) is 3.41. The Morgan fingerprint density at radius 2 is 1.94 bits per heavy atom. The standard InChI is InChI=1S/C29H44O3/c1-28-17-15-26-24(25(28)12-13-27(28)31)11-10-21-20-22(30)14-18-29(21,26)16-6-2-3-7-19-32-23-8-4-5-9-23/h2,6,8,20,22,24-27,30-31H,3-5,7,9-19H2,1H3/t22?,24-,25-,26+,27?,28-,29-/m0/s1. The highest BCUT2D eigenvalue weighted by Gasteiger charge is 2.59. The van der Waals surface area contributed by atoms with E-state index in [0.29, 0.717) is 5.92 Å². The molecule has 0 spiro atoms. The van der Waals surface area contributed by atoms with Gasteiger partial charge >= 0.3 is 0 Å². The Balaban J connectivity index is 1.25. The van der Waals surface area contributed by atoms with Crippen molar-refractivity contribution in [2.45, 2.75) is 109 Å². The first-order chi connectivity index (χ1) is 15.5. The molecular formula is C29H44O3. The van der Waals surface area contributed by atoms with Crippen LogP contribution in [0, 0.1) is 28.6 Å². The molecule has 7 atom stereocenters. The van der Waals surface area contributed by atoms with Crippen LogP contribution in [0.2, 0.25) is 0 Å². The lowest BCUT2D eigenvalue weighted by Gasteiger charge is -2.59. The second kappa shape index (κ2) is 9.29. The molecule has 0 amide bonds. The maximum atomic E-state index is 10.7. The summed E-state index contributed by atoms with van der Waals surface area (Å²) in [5.41, 5.74) is 1.95. The monoisotopic (exact) mass is 440 g/mol. The largest absolute Gasteiger partial charge is 0.498 e. The number of aliphatic hydroxyl groups excluding tert-OH is 2. The van der Waals surface area contributed by atoms with E-state index in [4.69, 9.17) is 4.74 Å². The van der Waals surface area contributed by atoms with Gasteiger partial charge in [0, 0.05) is 6.42 Å². The number of hydrogen-bond donors (Lipinski definition) is 2. The van der Waals surface area contributed by atoms with Crippen molar-refractivity contribution in [3.05, 3.63) is 35.6 Å². The molecule has 178 valence electrons. The lowest BCUT2D eigenvalue weighted by molar-refractivity contribution is -0.0801. The highest BCUT2D eigenvalue weighted by Crippen LogP contribution is 2.66. The molecule has 0 heterocycles. The highest BCUT2D eigenvalue weighted by molar-refractivity contribution is 5.27. The summed E-state index contributed by atoms with van der Waals surface area (Å²) in [6.07, 6.45) is 24.9. The molecule has 5 rings (SSSR count). The first-order valence-electron chi connectivity index (χ1n) is 13.6. The first-order valence-corrected chi connectivity index (χ1v) is 13.6. The van der Waals surface area contributed by atoms with Crippen molar-refractivity contribution in [1.82, 2.24) is 0 Å². The van der Waals surface area contributed by atoms with Crippen molar-refractivity contribution in [1.29, 1.82) is 0 Å². The maximum Gasteiger partial charge on any atom is 0.0920 e. The van der Waals surface area contributed by atoms with Crippen molar-refractivity contribution in [3.63, 3.8) is 0 Å². The normalized spacial score (nSPS) is 43.4. The van der Waals surface area contributed by atoms with Gasteiger partial charge in [-0.1, -0.05) is 30.7 Å². The van der Waals surface area contributed by atoms with E-state index in [2.05, 4.69) is 31.2 Å². The number of rotatable bonds is 7. The molecule has 3 nitrogen and oxygen atoms in total. The van der Waals surface area contributed by atoms with Crippen molar-refractivity contribution in [3.8, 4) is 0 Å². The molecule has 5 aliphatic rings. The Morgan fingerprint density at radius 3 is 2.78 bits per heavy atom. The summed E-state index contributed by atoms with van der Waals surface area (Å²) in [5, 5.41) is 21.1. The SMILES string of the molecule is C[C@]12CC[C@@H]3[C@@H](CCC4=CC(O)CC[C@@]43CC=CCCCOC3=CCCC3)[C@@H]1CCC2O. The summed E-state index contributed by atoms with van der Waals surface area (Å²) in [7, 11) is 0. The summed E-state index contributed by atoms with van der Waals surface area (Å²) < 4.78 is 5.89. The number of ether oxygens (including phenoxy) is 1. The molecule has 2 N–H and O–H groups in total. The minimum Gasteiger partial charge on any atom is -0.498 e. The quantitative estimate of drug-likeness (QED) is 0.353. The molecule has 0 saturated heterocycles. The van der Waals surface area contributed by atoms with E-state index in [9.17, 15) is 10.2 Å². The minimum atomic E-state index is -0.247. The van der Waals surface area contributed by atoms with Gasteiger partial charge in [-0.3, -0.25) is 0 Å². The van der Waals surface area contributed by atoms with Gasteiger partial charge in [0.15, 0.2) is 0 Å². The van der Waals surface area contributed by atoms with Gasteiger partial charge in [-0.05, 0) is 118 Å². The zero-order valence-corrected chi connectivity index (χ0v) is 20.1. The summed E-state index contributed by atoms with van der Waals surface area (Å²) in [4.78, 5) is 0. The molecule has 3 heteroatoms. The van der Waals surface area contributed by atoms with Crippen LogP contribution >= 0.6 is 0 Å². The molecule has 0 aromatic heterocycles. The molecule has 3 fully saturated rings. The molecule has 0 aromatic carbocycles. The fourth-order valence-corrected chi connectivity index (χ4v) is 8.45. The van der Waals surface area contributed by atoms with Crippen LogP contribution in [0.4, 0.5) is 0 Å². The maximum absolute atomic E-state index is 10.7. The van der Waals surface area contributed by atoms with Crippen LogP contribution < -0.4 is 0 Å². The van der Waals surface area contributed by atoms with Crippen LogP contribution in [0.15, 0.2) is 35.6 Å². The van der Waals surface area contributed by atoms with Crippen molar-refractivity contribution in [2.75, 3.05) is 6.61 Å². The summed E-state index contributed by atoms with van der Waals surface area (Å²) >= 11 is 0. The van der Waals surface area contributed by atoms with E-state index in [1.54, 1.807) is 5.57 Å². The van der Waals surface area contributed by atoms with Crippen LogP contribution in [-0.2, 0) is 4.74 Å². The van der Waals surface area contributed by atoms with Gasteiger partial charge in [0.05, 0.1) is 24.6 Å². The lowest BCUT2D eigenvalue weighted by Crippen LogP contribution is -2.52. The second-order valence-corrected chi connectivity index (χ2v) is 11.7. The predicted octanol–water partition coefficient (Wildman–Crippen LogP) is 6.46. The predicted molar refractivity (Wildman–Crippen MR) is 129 cm³/mol. The minimum absolute atomic E-state index is 0.100. The van der Waals surface area contributed by atoms with Gasteiger partial charge in [-0.2, -0.15) is 0 Å². The number of aliphatic hydroxyl groups is 2. The van der Waals surface area contributed by atoms with Crippen molar-refractivity contribution >= 4 is 0 Å². The molecule has 0 radical (unpaired) electrons. The first kappa shape index (κ1) is 22.7. The molecule has 2 unspecified atom stereocenters. The van der Waals surface area contributed by atoms with Crippen molar-refractivity contribution < 1.29 is 14.9 Å². The van der Waals surface area contributed by atoms with E-state index in [-0.39, 0.29) is 23.0 Å². The second-order valence-electron chi connectivity index (χ2n) is 11.7. The van der Waals surface area contributed by atoms with Gasteiger partial charge in [-0.25, -0.2) is 0 Å². The summed E-state index contributed by atoms with van der Waals surface area (Å²) in [6.45, 7) is 3.21. The van der Waals surface area contributed by atoms with Crippen molar-refractivity contribution in [2.24, 2.45) is 28.6 Å². The zero-order valence-electron chi connectivity index (χ0n) is 20.1. The van der Waals surface area contributed by atoms with Gasteiger partial charge in [0.1, 0.15) is 0 Å². The molecule has 0 aliphatic heterocycles. The van der Waals surface area contributed by atoms with E-state index in [0.717, 1.165) is 69.8 Å². The van der Waals surface area contributed by atoms with E-state index >= 15 is 0 Å². The Labute approximate surface area is 195 Å². The number of fused-ring (bicyclic) bond motifs is 5. The third-order valence-corrected chi connectivity index (χ3v) is 10.2. The Bertz CT molecular complexity index is 766. The molecule has 0 bridgehead atoms. The third-order valence-electron chi connectivity index (χ3n) is 10.2. The number of allylic oxidation sites excluding steroid dienone is 5. The molecule has 3 saturated carbocycles. The Kier molecular flexibility index (Phi) is 6.60. The van der Waals surface area contributed by atoms with Gasteiger partial charge < -0.3 is 14.9 Å². The van der Waals surface area contributed by atoms with Crippen LogP contribution in [0.5, 0.6) is 0 Å².